The van der Waals surface area contributed by atoms with Gasteiger partial charge in [-0.2, -0.15) is 10.4 Å². The van der Waals surface area contributed by atoms with Crippen LogP contribution < -0.4 is 0 Å². The van der Waals surface area contributed by atoms with Gasteiger partial charge in [0, 0.05) is 6.54 Å². The first kappa shape index (κ1) is 11.7. The van der Waals surface area contributed by atoms with E-state index in [4.69, 9.17) is 40.1 Å². The fourth-order valence-corrected chi connectivity index (χ4v) is 1.54. The predicted molar refractivity (Wildman–Crippen MR) is 57.0 cm³/mol. The minimum absolute atomic E-state index is 0.637. The molecule has 0 amide bonds. The average Bonchev–Trinajstić information content (AvgIpc) is 2.47. The molecule has 1 heterocycles. The number of nitriles is 1. The van der Waals surface area contributed by atoms with Crippen molar-refractivity contribution in [3.8, 4) is 6.07 Å². The molecule has 0 aromatic carbocycles. The van der Waals surface area contributed by atoms with E-state index >= 15 is 0 Å². The molecule has 1 atom stereocenters. The molecular formula is C7H9Cl3N4. The van der Waals surface area contributed by atoms with Gasteiger partial charge in [-0.15, -0.1) is 0 Å². The maximum absolute atomic E-state index is 8.91. The molecule has 0 fully saturated rings. The SMILES string of the molecule is CCCN1N=CN(C(Cl)(Cl)Cl)C1C#N. The Kier molecular flexibility index (Phi) is 3.71. The Morgan fingerprint density at radius 3 is 2.64 bits per heavy atom. The lowest BCUT2D eigenvalue weighted by atomic mass is 10.4. The summed E-state index contributed by atoms with van der Waals surface area (Å²) in [6.45, 7) is 2.65. The molecule has 0 aromatic heterocycles. The summed E-state index contributed by atoms with van der Waals surface area (Å²) < 4.78 is -1.63. The van der Waals surface area contributed by atoms with E-state index in [1.807, 2.05) is 13.0 Å². The maximum Gasteiger partial charge on any atom is 0.271 e. The highest BCUT2D eigenvalue weighted by atomic mass is 35.6. The lowest BCUT2D eigenvalue weighted by Crippen LogP contribution is -2.44. The molecule has 1 rings (SSSR count). The molecular weight excluding hydrogens is 246 g/mol. The van der Waals surface area contributed by atoms with E-state index in [1.54, 1.807) is 5.01 Å². The Bertz CT molecular complexity index is 267. The molecule has 0 aromatic rings. The van der Waals surface area contributed by atoms with Crippen LogP contribution in [0, 0.1) is 11.3 Å². The third-order valence-electron chi connectivity index (χ3n) is 1.73. The molecule has 0 N–H and O–H groups in total. The van der Waals surface area contributed by atoms with Crippen molar-refractivity contribution in [1.82, 2.24) is 9.91 Å². The number of nitrogens with zero attached hydrogens (tertiary/aromatic N) is 4. The van der Waals surface area contributed by atoms with Crippen molar-refractivity contribution in [1.29, 1.82) is 5.26 Å². The summed E-state index contributed by atoms with van der Waals surface area (Å²) in [5, 5.41) is 14.5. The number of alkyl halides is 3. The van der Waals surface area contributed by atoms with Crippen molar-refractivity contribution >= 4 is 41.1 Å². The second-order valence-electron chi connectivity index (χ2n) is 2.77. The van der Waals surface area contributed by atoms with Gasteiger partial charge in [0.05, 0.1) is 0 Å². The van der Waals surface area contributed by atoms with Crippen molar-refractivity contribution in [2.24, 2.45) is 5.10 Å². The van der Waals surface area contributed by atoms with Gasteiger partial charge in [0.15, 0.2) is 0 Å². The summed E-state index contributed by atoms with van der Waals surface area (Å²) in [6.07, 6.45) is 1.61. The van der Waals surface area contributed by atoms with E-state index < -0.39 is 10.1 Å². The van der Waals surface area contributed by atoms with E-state index in [1.165, 1.54) is 11.2 Å². The minimum atomic E-state index is -1.63. The number of hydrogen-bond acceptors (Lipinski definition) is 4. The highest BCUT2D eigenvalue weighted by Crippen LogP contribution is 2.34. The first-order chi connectivity index (χ1) is 6.50. The van der Waals surface area contributed by atoms with Gasteiger partial charge < -0.3 is 0 Å². The van der Waals surface area contributed by atoms with Crippen molar-refractivity contribution in [3.05, 3.63) is 0 Å². The highest BCUT2D eigenvalue weighted by molar-refractivity contribution is 6.67. The Balaban J connectivity index is 2.76. The zero-order chi connectivity index (χ0) is 10.8. The molecule has 0 saturated carbocycles. The molecule has 0 aliphatic carbocycles. The maximum atomic E-state index is 8.91. The van der Waals surface area contributed by atoms with Gasteiger partial charge in [0.1, 0.15) is 12.4 Å². The molecule has 0 spiro atoms. The van der Waals surface area contributed by atoms with E-state index in [9.17, 15) is 0 Å². The van der Waals surface area contributed by atoms with Gasteiger partial charge in [0.25, 0.3) is 3.92 Å². The van der Waals surface area contributed by atoms with Crippen LogP contribution in [0.25, 0.3) is 0 Å². The fraction of sp³-hybridized carbons (Fsp3) is 0.714. The lowest BCUT2D eigenvalue weighted by Gasteiger charge is -2.29. The molecule has 1 aliphatic heterocycles. The topological polar surface area (TPSA) is 42.6 Å². The zero-order valence-electron chi connectivity index (χ0n) is 7.49. The monoisotopic (exact) mass is 254 g/mol. The molecule has 0 bridgehead atoms. The van der Waals surface area contributed by atoms with Gasteiger partial charge in [-0.1, -0.05) is 41.7 Å². The van der Waals surface area contributed by atoms with E-state index in [0.29, 0.717) is 6.54 Å². The van der Waals surface area contributed by atoms with Crippen molar-refractivity contribution in [2.75, 3.05) is 6.54 Å². The molecule has 1 unspecified atom stereocenters. The second-order valence-corrected chi connectivity index (χ2v) is 4.99. The second kappa shape index (κ2) is 4.43. The Morgan fingerprint density at radius 2 is 2.21 bits per heavy atom. The number of hydrazone groups is 1. The summed E-state index contributed by atoms with van der Waals surface area (Å²) in [6, 6.07) is 2.03. The van der Waals surface area contributed by atoms with Gasteiger partial charge in [0.2, 0.25) is 6.17 Å². The smallest absolute Gasteiger partial charge is 0.271 e. The summed E-state index contributed by atoms with van der Waals surface area (Å²) in [5.74, 6) is 0. The van der Waals surface area contributed by atoms with Crippen molar-refractivity contribution in [2.45, 2.75) is 23.4 Å². The summed E-state index contributed by atoms with van der Waals surface area (Å²) in [7, 11) is 0. The summed E-state index contributed by atoms with van der Waals surface area (Å²) in [5.41, 5.74) is 0. The minimum Gasteiger partial charge on any atom is -0.282 e. The Morgan fingerprint density at radius 1 is 1.57 bits per heavy atom. The Hall–Kier alpha value is -0.370. The molecule has 4 nitrogen and oxygen atoms in total. The van der Waals surface area contributed by atoms with Gasteiger partial charge >= 0.3 is 0 Å². The van der Waals surface area contributed by atoms with Gasteiger partial charge in [-0.3, -0.25) is 9.91 Å². The van der Waals surface area contributed by atoms with Crippen LogP contribution >= 0.6 is 34.8 Å². The Labute approximate surface area is 97.6 Å². The molecule has 0 radical (unpaired) electrons. The first-order valence-corrected chi connectivity index (χ1v) is 5.19. The van der Waals surface area contributed by atoms with Gasteiger partial charge in [-0.05, 0) is 6.42 Å². The van der Waals surface area contributed by atoms with E-state index in [0.717, 1.165) is 6.42 Å². The van der Waals surface area contributed by atoms with Crippen LogP contribution in [0.15, 0.2) is 5.10 Å². The average molecular weight is 256 g/mol. The molecule has 1 aliphatic rings. The fourth-order valence-electron chi connectivity index (χ4n) is 1.13. The van der Waals surface area contributed by atoms with Crippen LogP contribution in [-0.4, -0.2) is 32.9 Å². The number of halogens is 3. The van der Waals surface area contributed by atoms with E-state index in [-0.39, 0.29) is 0 Å². The van der Waals surface area contributed by atoms with Crippen LogP contribution in [-0.2, 0) is 0 Å². The highest BCUT2D eigenvalue weighted by Gasteiger charge is 2.39. The summed E-state index contributed by atoms with van der Waals surface area (Å²) in [4.78, 5) is 1.29. The third-order valence-corrected chi connectivity index (χ3v) is 2.32. The van der Waals surface area contributed by atoms with Crippen molar-refractivity contribution in [3.63, 3.8) is 0 Å². The number of rotatable bonds is 2. The largest absolute Gasteiger partial charge is 0.282 e. The zero-order valence-corrected chi connectivity index (χ0v) is 9.76. The first-order valence-electron chi connectivity index (χ1n) is 4.06. The predicted octanol–water partition coefficient (Wildman–Crippen LogP) is 2.13. The molecule has 78 valence electrons. The van der Waals surface area contributed by atoms with Crippen LogP contribution in [0.3, 0.4) is 0 Å². The summed E-state index contributed by atoms with van der Waals surface area (Å²) >= 11 is 17.0. The lowest BCUT2D eigenvalue weighted by molar-refractivity contribution is 0.176. The van der Waals surface area contributed by atoms with Crippen LogP contribution in [0.4, 0.5) is 0 Å². The number of hydrogen-bond donors (Lipinski definition) is 0. The van der Waals surface area contributed by atoms with Crippen LogP contribution in [0.2, 0.25) is 0 Å². The van der Waals surface area contributed by atoms with Crippen LogP contribution in [0.5, 0.6) is 0 Å². The normalized spacial score (nSPS) is 21.5. The quantitative estimate of drug-likeness (QED) is 0.561. The van der Waals surface area contributed by atoms with Crippen molar-refractivity contribution < 1.29 is 0 Å². The van der Waals surface area contributed by atoms with Gasteiger partial charge in [-0.25, -0.2) is 0 Å². The van der Waals surface area contributed by atoms with Crippen LogP contribution in [0.1, 0.15) is 13.3 Å². The molecule has 0 saturated heterocycles. The molecule has 14 heavy (non-hydrogen) atoms. The molecule has 7 heteroatoms. The standard InChI is InChI=1S/C7H9Cl3N4/c1-2-3-14-6(4-11)13(5-12-14)7(8,9)10/h5-6H,2-3H2,1H3. The van der Waals surface area contributed by atoms with E-state index in [2.05, 4.69) is 5.10 Å². The third kappa shape index (κ3) is 2.35.